The van der Waals surface area contributed by atoms with Crippen molar-refractivity contribution in [2.75, 3.05) is 13.2 Å². The van der Waals surface area contributed by atoms with Crippen LogP contribution in [-0.2, 0) is 0 Å². The molecular formula is C12H18FNO. The Morgan fingerprint density at radius 1 is 1.40 bits per heavy atom. The fourth-order valence-electron chi connectivity index (χ4n) is 1.36. The SMILES string of the molecule is CCNC(CC)COc1cccc(F)c1. The zero-order chi connectivity index (χ0) is 11.1. The molecule has 0 spiro atoms. The van der Waals surface area contributed by atoms with Gasteiger partial charge in [0.25, 0.3) is 0 Å². The number of benzene rings is 1. The molecule has 0 aliphatic carbocycles. The number of likely N-dealkylation sites (N-methyl/N-ethyl adjacent to an activating group) is 1. The highest BCUT2D eigenvalue weighted by atomic mass is 19.1. The average molecular weight is 211 g/mol. The number of hydrogen-bond acceptors (Lipinski definition) is 2. The molecule has 3 heteroatoms. The van der Waals surface area contributed by atoms with E-state index >= 15 is 0 Å². The zero-order valence-corrected chi connectivity index (χ0v) is 9.29. The van der Waals surface area contributed by atoms with Crippen molar-refractivity contribution in [1.29, 1.82) is 0 Å². The molecule has 2 nitrogen and oxygen atoms in total. The lowest BCUT2D eigenvalue weighted by Gasteiger charge is -2.16. The lowest BCUT2D eigenvalue weighted by Crippen LogP contribution is -2.33. The zero-order valence-electron chi connectivity index (χ0n) is 9.29. The summed E-state index contributed by atoms with van der Waals surface area (Å²) in [5.74, 6) is 0.329. The van der Waals surface area contributed by atoms with E-state index in [-0.39, 0.29) is 5.82 Å². The van der Waals surface area contributed by atoms with E-state index < -0.39 is 0 Å². The molecule has 1 N–H and O–H groups in total. The van der Waals surface area contributed by atoms with Gasteiger partial charge >= 0.3 is 0 Å². The highest BCUT2D eigenvalue weighted by Crippen LogP contribution is 2.12. The molecule has 0 saturated heterocycles. The molecule has 1 aromatic rings. The van der Waals surface area contributed by atoms with Gasteiger partial charge in [-0.2, -0.15) is 0 Å². The van der Waals surface area contributed by atoms with Crippen LogP contribution in [0.2, 0.25) is 0 Å². The topological polar surface area (TPSA) is 21.3 Å². The fraction of sp³-hybridized carbons (Fsp3) is 0.500. The Hall–Kier alpha value is -1.09. The molecule has 0 aromatic heterocycles. The van der Waals surface area contributed by atoms with Crippen molar-refractivity contribution < 1.29 is 9.13 Å². The summed E-state index contributed by atoms with van der Waals surface area (Å²) >= 11 is 0. The third-order valence-corrected chi connectivity index (χ3v) is 2.23. The van der Waals surface area contributed by atoms with Gasteiger partial charge in [-0.3, -0.25) is 0 Å². The summed E-state index contributed by atoms with van der Waals surface area (Å²) in [6.07, 6.45) is 1.00. The molecule has 0 aliphatic heterocycles. The van der Waals surface area contributed by atoms with Crippen molar-refractivity contribution in [1.82, 2.24) is 5.32 Å². The van der Waals surface area contributed by atoms with E-state index in [0.29, 0.717) is 18.4 Å². The first-order valence-corrected chi connectivity index (χ1v) is 5.38. The van der Waals surface area contributed by atoms with Gasteiger partial charge in [-0.05, 0) is 25.1 Å². The number of halogens is 1. The lowest BCUT2D eigenvalue weighted by atomic mass is 10.2. The first-order chi connectivity index (χ1) is 7.26. The Morgan fingerprint density at radius 2 is 2.20 bits per heavy atom. The first kappa shape index (κ1) is 12.0. The monoisotopic (exact) mass is 211 g/mol. The third-order valence-electron chi connectivity index (χ3n) is 2.23. The minimum Gasteiger partial charge on any atom is -0.492 e. The predicted molar refractivity (Wildman–Crippen MR) is 59.7 cm³/mol. The molecule has 1 atom stereocenters. The summed E-state index contributed by atoms with van der Waals surface area (Å²) in [4.78, 5) is 0. The van der Waals surface area contributed by atoms with Gasteiger partial charge in [-0.25, -0.2) is 4.39 Å². The smallest absolute Gasteiger partial charge is 0.126 e. The van der Waals surface area contributed by atoms with E-state index in [4.69, 9.17) is 4.74 Å². The second-order valence-electron chi connectivity index (χ2n) is 3.43. The van der Waals surface area contributed by atoms with Crippen LogP contribution < -0.4 is 10.1 Å². The largest absolute Gasteiger partial charge is 0.492 e. The van der Waals surface area contributed by atoms with Gasteiger partial charge in [0.15, 0.2) is 0 Å². The summed E-state index contributed by atoms with van der Waals surface area (Å²) in [5, 5.41) is 3.30. The van der Waals surface area contributed by atoms with Crippen LogP contribution in [0.5, 0.6) is 5.75 Å². The summed E-state index contributed by atoms with van der Waals surface area (Å²) in [5.41, 5.74) is 0. The van der Waals surface area contributed by atoms with Crippen molar-refractivity contribution in [3.05, 3.63) is 30.1 Å². The fourth-order valence-corrected chi connectivity index (χ4v) is 1.36. The van der Waals surface area contributed by atoms with E-state index in [1.54, 1.807) is 12.1 Å². The van der Waals surface area contributed by atoms with Crippen LogP contribution in [0.1, 0.15) is 20.3 Å². The number of rotatable bonds is 6. The molecule has 84 valence electrons. The van der Waals surface area contributed by atoms with Gasteiger partial charge in [-0.15, -0.1) is 0 Å². The molecule has 0 amide bonds. The van der Waals surface area contributed by atoms with Crippen molar-refractivity contribution in [3.8, 4) is 5.75 Å². The molecule has 1 aromatic carbocycles. The van der Waals surface area contributed by atoms with Crippen molar-refractivity contribution in [3.63, 3.8) is 0 Å². The summed E-state index contributed by atoms with van der Waals surface area (Å²) in [6.45, 7) is 5.66. The van der Waals surface area contributed by atoms with E-state index in [1.807, 2.05) is 0 Å². The van der Waals surface area contributed by atoms with Crippen LogP contribution in [0.3, 0.4) is 0 Å². The van der Waals surface area contributed by atoms with E-state index in [9.17, 15) is 4.39 Å². The van der Waals surface area contributed by atoms with Crippen molar-refractivity contribution in [2.45, 2.75) is 26.3 Å². The van der Waals surface area contributed by atoms with Gasteiger partial charge in [0.2, 0.25) is 0 Å². The van der Waals surface area contributed by atoms with E-state index in [2.05, 4.69) is 19.2 Å². The van der Waals surface area contributed by atoms with Crippen LogP contribution in [0, 0.1) is 5.82 Å². The summed E-state index contributed by atoms with van der Waals surface area (Å²) < 4.78 is 18.3. The van der Waals surface area contributed by atoms with Crippen LogP contribution in [-0.4, -0.2) is 19.2 Å². The molecule has 0 bridgehead atoms. The molecule has 0 radical (unpaired) electrons. The molecule has 0 heterocycles. The Balaban J connectivity index is 2.41. The molecule has 1 unspecified atom stereocenters. The third kappa shape index (κ3) is 4.30. The highest BCUT2D eigenvalue weighted by molar-refractivity contribution is 5.22. The molecule has 0 aliphatic rings. The number of nitrogens with one attached hydrogen (secondary N) is 1. The van der Waals surface area contributed by atoms with E-state index in [0.717, 1.165) is 13.0 Å². The minimum atomic E-state index is -0.260. The Bertz CT molecular complexity index is 291. The van der Waals surface area contributed by atoms with Crippen molar-refractivity contribution >= 4 is 0 Å². The normalized spacial score (nSPS) is 12.5. The maximum absolute atomic E-state index is 12.8. The summed E-state index contributed by atoms with van der Waals surface area (Å²) in [7, 11) is 0. The molecule has 0 fully saturated rings. The Morgan fingerprint density at radius 3 is 2.80 bits per heavy atom. The first-order valence-electron chi connectivity index (χ1n) is 5.38. The predicted octanol–water partition coefficient (Wildman–Crippen LogP) is 2.59. The maximum atomic E-state index is 12.8. The van der Waals surface area contributed by atoms with Crippen LogP contribution in [0.25, 0.3) is 0 Å². The molecule has 1 rings (SSSR count). The second-order valence-corrected chi connectivity index (χ2v) is 3.43. The second kappa shape index (κ2) is 6.40. The van der Waals surface area contributed by atoms with Crippen LogP contribution in [0.15, 0.2) is 24.3 Å². The number of ether oxygens (including phenoxy) is 1. The number of hydrogen-bond donors (Lipinski definition) is 1. The Labute approximate surface area is 90.4 Å². The quantitative estimate of drug-likeness (QED) is 0.781. The standard InChI is InChI=1S/C12H18FNO/c1-3-11(14-4-2)9-15-12-7-5-6-10(13)8-12/h5-8,11,14H,3-4,9H2,1-2H3. The van der Waals surface area contributed by atoms with E-state index in [1.165, 1.54) is 12.1 Å². The molecule has 15 heavy (non-hydrogen) atoms. The summed E-state index contributed by atoms with van der Waals surface area (Å²) in [6, 6.07) is 6.56. The lowest BCUT2D eigenvalue weighted by molar-refractivity contribution is 0.261. The molecular weight excluding hydrogens is 193 g/mol. The van der Waals surface area contributed by atoms with Gasteiger partial charge in [0.05, 0.1) is 0 Å². The van der Waals surface area contributed by atoms with Crippen LogP contribution in [0.4, 0.5) is 4.39 Å². The van der Waals surface area contributed by atoms with Crippen LogP contribution >= 0.6 is 0 Å². The molecule has 0 saturated carbocycles. The van der Waals surface area contributed by atoms with Gasteiger partial charge in [0.1, 0.15) is 18.2 Å². The Kier molecular flexibility index (Phi) is 5.12. The average Bonchev–Trinajstić information content (AvgIpc) is 2.24. The van der Waals surface area contributed by atoms with Gasteiger partial charge in [-0.1, -0.05) is 19.9 Å². The maximum Gasteiger partial charge on any atom is 0.126 e. The highest BCUT2D eigenvalue weighted by Gasteiger charge is 2.05. The van der Waals surface area contributed by atoms with Gasteiger partial charge in [0, 0.05) is 12.1 Å². The van der Waals surface area contributed by atoms with Crippen molar-refractivity contribution in [2.24, 2.45) is 0 Å². The van der Waals surface area contributed by atoms with Gasteiger partial charge < -0.3 is 10.1 Å². The minimum absolute atomic E-state index is 0.260.